The Morgan fingerprint density at radius 2 is 1.70 bits per heavy atom. The highest BCUT2D eigenvalue weighted by molar-refractivity contribution is 5.91. The van der Waals surface area contributed by atoms with Crippen LogP contribution in [-0.2, 0) is 4.74 Å². The molecule has 0 spiro atoms. The molecule has 2 rings (SSSR count). The lowest BCUT2D eigenvalue weighted by atomic mass is 10.2. The molecule has 1 aliphatic heterocycles. The fourth-order valence-corrected chi connectivity index (χ4v) is 2.48. The van der Waals surface area contributed by atoms with Crippen LogP contribution in [0.4, 0.5) is 0 Å². The second kappa shape index (κ2) is 8.59. The largest absolute Gasteiger partial charge is 0.493 e. The summed E-state index contributed by atoms with van der Waals surface area (Å²) in [7, 11) is 4.54. The van der Waals surface area contributed by atoms with Crippen molar-refractivity contribution in [2.45, 2.75) is 0 Å². The van der Waals surface area contributed by atoms with E-state index in [9.17, 15) is 4.79 Å². The molecule has 1 aliphatic rings. The molecule has 0 bridgehead atoms. The van der Waals surface area contributed by atoms with Gasteiger partial charge in [-0.1, -0.05) is 0 Å². The number of nitrogens with one attached hydrogen (secondary N) is 1. The van der Waals surface area contributed by atoms with Crippen LogP contribution in [0.3, 0.4) is 0 Å². The molecule has 0 amide bonds. The van der Waals surface area contributed by atoms with E-state index >= 15 is 0 Å². The van der Waals surface area contributed by atoms with Gasteiger partial charge in [0.2, 0.25) is 5.75 Å². The predicted octanol–water partition coefficient (Wildman–Crippen LogP) is 0.774. The van der Waals surface area contributed by atoms with Crippen molar-refractivity contribution in [2.24, 2.45) is 0 Å². The maximum absolute atomic E-state index is 12.2. The van der Waals surface area contributed by atoms with E-state index in [0.717, 1.165) is 32.7 Å². The minimum atomic E-state index is -0.403. The maximum atomic E-state index is 12.2. The van der Waals surface area contributed by atoms with Crippen LogP contribution in [0, 0.1) is 0 Å². The second-order valence-electron chi connectivity index (χ2n) is 5.14. The third-order valence-electron chi connectivity index (χ3n) is 3.75. The zero-order valence-corrected chi connectivity index (χ0v) is 13.9. The lowest BCUT2D eigenvalue weighted by Gasteiger charge is -2.26. The average Bonchev–Trinajstić information content (AvgIpc) is 2.61. The van der Waals surface area contributed by atoms with Gasteiger partial charge in [-0.2, -0.15) is 0 Å². The number of methoxy groups -OCH3 is 3. The van der Waals surface area contributed by atoms with Gasteiger partial charge >= 0.3 is 5.97 Å². The Morgan fingerprint density at radius 3 is 2.22 bits per heavy atom. The summed E-state index contributed by atoms with van der Waals surface area (Å²) in [6.07, 6.45) is 0. The van der Waals surface area contributed by atoms with Gasteiger partial charge in [0.1, 0.15) is 6.61 Å². The molecule has 1 saturated heterocycles. The molecule has 1 fully saturated rings. The number of carbonyl (C=O) groups excluding carboxylic acids is 1. The van der Waals surface area contributed by atoms with Crippen LogP contribution < -0.4 is 19.5 Å². The lowest BCUT2D eigenvalue weighted by Crippen LogP contribution is -2.44. The molecule has 0 aromatic heterocycles. The zero-order valence-electron chi connectivity index (χ0n) is 13.9. The van der Waals surface area contributed by atoms with E-state index in [0.29, 0.717) is 29.4 Å². The average molecular weight is 324 g/mol. The lowest BCUT2D eigenvalue weighted by molar-refractivity contribution is 0.0455. The van der Waals surface area contributed by atoms with Crippen LogP contribution in [0.5, 0.6) is 17.2 Å². The van der Waals surface area contributed by atoms with Gasteiger partial charge < -0.3 is 24.3 Å². The molecule has 1 aromatic rings. The first-order valence-corrected chi connectivity index (χ1v) is 7.59. The first kappa shape index (κ1) is 17.4. The van der Waals surface area contributed by atoms with Gasteiger partial charge in [0, 0.05) is 32.7 Å². The summed E-state index contributed by atoms with van der Waals surface area (Å²) in [4.78, 5) is 14.5. The Morgan fingerprint density at radius 1 is 1.09 bits per heavy atom. The molecule has 7 nitrogen and oxygen atoms in total. The summed E-state index contributed by atoms with van der Waals surface area (Å²) < 4.78 is 21.1. The Balaban J connectivity index is 1.98. The van der Waals surface area contributed by atoms with Gasteiger partial charge in [-0.3, -0.25) is 4.90 Å². The number of hydrogen-bond acceptors (Lipinski definition) is 7. The van der Waals surface area contributed by atoms with E-state index in [1.165, 1.54) is 21.3 Å². The van der Waals surface area contributed by atoms with Gasteiger partial charge in [0.05, 0.1) is 26.9 Å². The molecule has 7 heteroatoms. The Labute approximate surface area is 136 Å². The summed E-state index contributed by atoms with van der Waals surface area (Å²) in [5, 5.41) is 3.29. The first-order chi connectivity index (χ1) is 11.2. The number of rotatable bonds is 7. The number of carbonyl (C=O) groups is 1. The van der Waals surface area contributed by atoms with E-state index < -0.39 is 5.97 Å². The molecular formula is C16H24N2O5. The van der Waals surface area contributed by atoms with Crippen LogP contribution in [0.1, 0.15) is 10.4 Å². The van der Waals surface area contributed by atoms with E-state index in [4.69, 9.17) is 18.9 Å². The molecule has 0 unspecified atom stereocenters. The topological polar surface area (TPSA) is 69.3 Å². The van der Waals surface area contributed by atoms with Crippen molar-refractivity contribution in [3.8, 4) is 17.2 Å². The van der Waals surface area contributed by atoms with Crippen molar-refractivity contribution in [3.05, 3.63) is 17.7 Å². The van der Waals surface area contributed by atoms with E-state index in [-0.39, 0.29) is 0 Å². The molecule has 0 aliphatic carbocycles. The van der Waals surface area contributed by atoms with E-state index in [1.807, 2.05) is 0 Å². The predicted molar refractivity (Wildman–Crippen MR) is 85.7 cm³/mol. The Hall–Kier alpha value is -1.99. The monoisotopic (exact) mass is 324 g/mol. The Bertz CT molecular complexity index is 504. The molecule has 0 atom stereocenters. The third-order valence-corrected chi connectivity index (χ3v) is 3.75. The number of benzene rings is 1. The number of esters is 1. The third kappa shape index (κ3) is 4.49. The summed E-state index contributed by atoms with van der Waals surface area (Å²) in [6, 6.07) is 3.18. The molecule has 1 heterocycles. The minimum Gasteiger partial charge on any atom is -0.493 e. The zero-order chi connectivity index (χ0) is 16.7. The van der Waals surface area contributed by atoms with Crippen LogP contribution in [0.25, 0.3) is 0 Å². The van der Waals surface area contributed by atoms with Crippen LogP contribution >= 0.6 is 0 Å². The van der Waals surface area contributed by atoms with Gasteiger partial charge in [0.15, 0.2) is 11.5 Å². The van der Waals surface area contributed by atoms with Crippen LogP contribution in [0.15, 0.2) is 12.1 Å². The van der Waals surface area contributed by atoms with Crippen molar-refractivity contribution in [2.75, 3.05) is 60.7 Å². The highest BCUT2D eigenvalue weighted by Gasteiger charge is 2.18. The van der Waals surface area contributed by atoms with Crippen molar-refractivity contribution in [1.29, 1.82) is 0 Å². The highest BCUT2D eigenvalue weighted by atomic mass is 16.5. The molecule has 1 aromatic carbocycles. The standard InChI is InChI=1S/C16H24N2O5/c1-20-13-10-12(11-14(21-2)15(13)22-3)16(19)23-9-8-18-6-4-17-5-7-18/h10-11,17H,4-9H2,1-3H3. The quantitative estimate of drug-likeness (QED) is 0.743. The SMILES string of the molecule is COc1cc(C(=O)OCCN2CCNCC2)cc(OC)c1OC. The minimum absolute atomic E-state index is 0.357. The molecule has 0 radical (unpaired) electrons. The van der Waals surface area contributed by atoms with Crippen LogP contribution in [-0.4, -0.2) is 71.5 Å². The Kier molecular flexibility index (Phi) is 6.49. The molecule has 23 heavy (non-hydrogen) atoms. The molecule has 1 N–H and O–H groups in total. The number of hydrogen-bond donors (Lipinski definition) is 1. The molecule has 128 valence electrons. The fourth-order valence-electron chi connectivity index (χ4n) is 2.48. The smallest absolute Gasteiger partial charge is 0.338 e. The number of nitrogens with zero attached hydrogens (tertiary/aromatic N) is 1. The number of piperazine rings is 1. The van der Waals surface area contributed by atoms with Crippen molar-refractivity contribution in [1.82, 2.24) is 10.2 Å². The summed E-state index contributed by atoms with van der Waals surface area (Å²) in [6.45, 7) is 4.98. The van der Waals surface area contributed by atoms with Gasteiger partial charge in [-0.25, -0.2) is 4.79 Å². The number of ether oxygens (including phenoxy) is 4. The highest BCUT2D eigenvalue weighted by Crippen LogP contribution is 2.38. The molecule has 0 saturated carbocycles. The van der Waals surface area contributed by atoms with Crippen LogP contribution in [0.2, 0.25) is 0 Å². The van der Waals surface area contributed by atoms with Gasteiger partial charge in [0.25, 0.3) is 0 Å². The van der Waals surface area contributed by atoms with Crippen molar-refractivity contribution in [3.63, 3.8) is 0 Å². The van der Waals surface area contributed by atoms with Crippen molar-refractivity contribution < 1.29 is 23.7 Å². The van der Waals surface area contributed by atoms with Gasteiger partial charge in [-0.05, 0) is 12.1 Å². The maximum Gasteiger partial charge on any atom is 0.338 e. The normalized spacial score (nSPS) is 15.1. The van der Waals surface area contributed by atoms with E-state index in [1.54, 1.807) is 12.1 Å². The summed E-state index contributed by atoms with van der Waals surface area (Å²) >= 11 is 0. The van der Waals surface area contributed by atoms with Crippen molar-refractivity contribution >= 4 is 5.97 Å². The molecular weight excluding hydrogens is 300 g/mol. The first-order valence-electron chi connectivity index (χ1n) is 7.59. The summed E-state index contributed by atoms with van der Waals surface area (Å²) in [5.74, 6) is 0.911. The second-order valence-corrected chi connectivity index (χ2v) is 5.14. The summed E-state index contributed by atoms with van der Waals surface area (Å²) in [5.41, 5.74) is 0.375. The fraction of sp³-hybridized carbons (Fsp3) is 0.562. The van der Waals surface area contributed by atoms with E-state index in [2.05, 4.69) is 10.2 Å². The van der Waals surface area contributed by atoms with Gasteiger partial charge in [-0.15, -0.1) is 0 Å².